The van der Waals surface area contributed by atoms with Gasteiger partial charge in [-0.25, -0.2) is 10.6 Å². The van der Waals surface area contributed by atoms with E-state index < -0.39 is 11.9 Å². The summed E-state index contributed by atoms with van der Waals surface area (Å²) in [5.74, 6) is 3.55. The van der Waals surface area contributed by atoms with Crippen LogP contribution in [0.25, 0.3) is 0 Å². The third-order valence-electron chi connectivity index (χ3n) is 0.714. The normalized spacial score (nSPS) is 9.40. The van der Waals surface area contributed by atoms with E-state index in [2.05, 4.69) is 4.74 Å². The van der Waals surface area contributed by atoms with Gasteiger partial charge in [0, 0.05) is 12.2 Å². The van der Waals surface area contributed by atoms with Crippen LogP contribution >= 0.6 is 0 Å². The molecule has 0 saturated heterocycles. The number of hydrogen-bond donors (Lipinski definition) is 2. The van der Waals surface area contributed by atoms with Gasteiger partial charge in [-0.3, -0.25) is 10.2 Å². The van der Waals surface area contributed by atoms with Gasteiger partial charge in [0.05, 0.1) is 7.11 Å². The summed E-state index contributed by atoms with van der Waals surface area (Å²) < 4.78 is 4.20. The number of nitrogens with two attached hydrogens (primary N) is 1. The lowest BCUT2D eigenvalue weighted by Gasteiger charge is -1.89. The van der Waals surface area contributed by atoms with Gasteiger partial charge < -0.3 is 4.74 Å². The van der Waals surface area contributed by atoms with Crippen molar-refractivity contribution in [3.63, 3.8) is 0 Å². The van der Waals surface area contributed by atoms with E-state index >= 15 is 0 Å². The molecule has 0 unspecified atom stereocenters. The number of hydrogen-bond acceptors (Lipinski definition) is 4. The molecule has 0 rings (SSSR count). The molecule has 1 amide bonds. The molecule has 5 nitrogen and oxygen atoms in total. The Morgan fingerprint density at radius 3 is 2.50 bits per heavy atom. The van der Waals surface area contributed by atoms with Gasteiger partial charge in [-0.2, -0.15) is 0 Å². The van der Waals surface area contributed by atoms with E-state index in [1.54, 1.807) is 0 Å². The molecule has 0 fully saturated rings. The monoisotopic (exact) mass is 144 g/mol. The lowest BCUT2D eigenvalue weighted by Crippen LogP contribution is -2.28. The van der Waals surface area contributed by atoms with Crippen LogP contribution in [0.4, 0.5) is 0 Å². The summed E-state index contributed by atoms with van der Waals surface area (Å²) in [4.78, 5) is 20.6. The van der Waals surface area contributed by atoms with Gasteiger partial charge in [-0.1, -0.05) is 0 Å². The van der Waals surface area contributed by atoms with Crippen molar-refractivity contribution in [3.05, 3.63) is 12.2 Å². The van der Waals surface area contributed by atoms with Crippen LogP contribution in [0.15, 0.2) is 12.2 Å². The average Bonchev–Trinajstić information content (AvgIpc) is 1.99. The molecule has 0 aliphatic rings. The number of rotatable bonds is 2. The number of nitrogens with one attached hydrogen (secondary N) is 1. The molecule has 0 aromatic carbocycles. The number of carbonyl (C=O) groups excluding carboxylic acids is 2. The first-order valence-corrected chi connectivity index (χ1v) is 2.47. The van der Waals surface area contributed by atoms with E-state index in [-0.39, 0.29) is 0 Å². The molecule has 10 heavy (non-hydrogen) atoms. The van der Waals surface area contributed by atoms with Crippen LogP contribution in [0.1, 0.15) is 0 Å². The Bertz CT molecular complexity index is 146. The lowest BCUT2D eigenvalue weighted by atomic mass is 10.5. The highest BCUT2D eigenvalue weighted by Crippen LogP contribution is 1.76. The number of hydrazine groups is 1. The fourth-order valence-corrected chi connectivity index (χ4v) is 0.260. The van der Waals surface area contributed by atoms with Crippen LogP contribution in [0.5, 0.6) is 0 Å². The Balaban J connectivity index is 3.75. The van der Waals surface area contributed by atoms with E-state index in [0.29, 0.717) is 0 Å². The van der Waals surface area contributed by atoms with Crippen molar-refractivity contribution in [1.29, 1.82) is 0 Å². The molecule has 0 spiro atoms. The minimum Gasteiger partial charge on any atom is -0.466 e. The van der Waals surface area contributed by atoms with Crippen LogP contribution in [0, 0.1) is 0 Å². The molecule has 0 bridgehead atoms. The number of methoxy groups -OCH3 is 1. The zero-order chi connectivity index (χ0) is 7.98. The van der Waals surface area contributed by atoms with Crippen LogP contribution in [-0.2, 0) is 14.3 Å². The highest BCUT2D eigenvalue weighted by atomic mass is 16.5. The molecule has 0 aromatic rings. The van der Waals surface area contributed by atoms with Crippen molar-refractivity contribution in [3.8, 4) is 0 Å². The van der Waals surface area contributed by atoms with Crippen molar-refractivity contribution < 1.29 is 14.3 Å². The fraction of sp³-hybridized carbons (Fsp3) is 0.200. The Kier molecular flexibility index (Phi) is 3.90. The minimum atomic E-state index is -0.594. The molecule has 0 aliphatic carbocycles. The van der Waals surface area contributed by atoms with Gasteiger partial charge >= 0.3 is 5.97 Å². The Morgan fingerprint density at radius 1 is 1.50 bits per heavy atom. The summed E-state index contributed by atoms with van der Waals surface area (Å²) in [6.45, 7) is 0. The van der Waals surface area contributed by atoms with Crippen LogP contribution in [0.2, 0.25) is 0 Å². The molecule has 0 radical (unpaired) electrons. The number of ether oxygens (including phenoxy) is 1. The van der Waals surface area contributed by atoms with Crippen LogP contribution < -0.4 is 11.3 Å². The zero-order valence-corrected chi connectivity index (χ0v) is 5.46. The van der Waals surface area contributed by atoms with Gasteiger partial charge in [0.2, 0.25) is 0 Å². The average molecular weight is 144 g/mol. The Hall–Kier alpha value is -1.36. The van der Waals surface area contributed by atoms with Crippen molar-refractivity contribution in [2.45, 2.75) is 0 Å². The second-order valence-corrected chi connectivity index (χ2v) is 1.37. The molecule has 0 aliphatic heterocycles. The van der Waals surface area contributed by atoms with Gasteiger partial charge in [-0.05, 0) is 0 Å². The highest BCUT2D eigenvalue weighted by Gasteiger charge is 1.93. The van der Waals surface area contributed by atoms with Crippen molar-refractivity contribution in [2.24, 2.45) is 5.84 Å². The predicted octanol–water partition coefficient (Wildman–Crippen LogP) is -1.29. The molecular formula is C5H8N2O3. The SMILES string of the molecule is COC(=O)/C=C\C(=O)NN. The standard InChI is InChI=1S/C5H8N2O3/c1-10-5(9)3-2-4(8)7-6/h2-3H,6H2,1H3,(H,7,8)/b3-2-. The molecular weight excluding hydrogens is 136 g/mol. The maximum atomic E-state index is 10.3. The van der Waals surface area contributed by atoms with Gasteiger partial charge in [-0.15, -0.1) is 0 Å². The van der Waals surface area contributed by atoms with Crippen LogP contribution in [0.3, 0.4) is 0 Å². The molecule has 0 aromatic heterocycles. The molecule has 56 valence electrons. The maximum Gasteiger partial charge on any atom is 0.330 e. The highest BCUT2D eigenvalue weighted by molar-refractivity contribution is 5.94. The van der Waals surface area contributed by atoms with E-state index in [0.717, 1.165) is 12.2 Å². The Labute approximate surface area is 57.8 Å². The second-order valence-electron chi connectivity index (χ2n) is 1.37. The van der Waals surface area contributed by atoms with Crippen molar-refractivity contribution >= 4 is 11.9 Å². The zero-order valence-electron chi connectivity index (χ0n) is 5.46. The number of carbonyl (C=O) groups is 2. The third kappa shape index (κ3) is 3.62. The predicted molar refractivity (Wildman–Crippen MR) is 33.5 cm³/mol. The fourth-order valence-electron chi connectivity index (χ4n) is 0.260. The third-order valence-corrected chi connectivity index (χ3v) is 0.714. The molecule has 3 N–H and O–H groups in total. The van der Waals surface area contributed by atoms with E-state index in [1.807, 2.05) is 5.43 Å². The topological polar surface area (TPSA) is 81.4 Å². The first-order chi connectivity index (χ1) is 4.70. The van der Waals surface area contributed by atoms with Gasteiger partial charge in [0.1, 0.15) is 0 Å². The smallest absolute Gasteiger partial charge is 0.330 e. The quantitative estimate of drug-likeness (QED) is 0.166. The molecule has 5 heteroatoms. The summed E-state index contributed by atoms with van der Waals surface area (Å²) in [6, 6.07) is 0. The molecule has 0 heterocycles. The van der Waals surface area contributed by atoms with E-state index in [4.69, 9.17) is 5.84 Å². The summed E-state index contributed by atoms with van der Waals surface area (Å²) in [5, 5.41) is 0. The second kappa shape index (κ2) is 4.51. The lowest BCUT2D eigenvalue weighted by molar-refractivity contribution is -0.135. The molecule has 0 atom stereocenters. The van der Waals surface area contributed by atoms with Gasteiger partial charge in [0.15, 0.2) is 0 Å². The summed E-state index contributed by atoms with van der Waals surface area (Å²) in [5.41, 5.74) is 1.81. The summed E-state index contributed by atoms with van der Waals surface area (Å²) in [7, 11) is 1.22. The first kappa shape index (κ1) is 8.64. The first-order valence-electron chi connectivity index (χ1n) is 2.47. The van der Waals surface area contributed by atoms with E-state index in [1.165, 1.54) is 7.11 Å². The van der Waals surface area contributed by atoms with Crippen molar-refractivity contribution in [2.75, 3.05) is 7.11 Å². The summed E-state index contributed by atoms with van der Waals surface area (Å²) in [6.07, 6.45) is 1.95. The van der Waals surface area contributed by atoms with Gasteiger partial charge in [0.25, 0.3) is 5.91 Å². The maximum absolute atomic E-state index is 10.3. The Morgan fingerprint density at radius 2 is 2.10 bits per heavy atom. The summed E-state index contributed by atoms with van der Waals surface area (Å²) >= 11 is 0. The largest absolute Gasteiger partial charge is 0.466 e. The van der Waals surface area contributed by atoms with Crippen molar-refractivity contribution in [1.82, 2.24) is 5.43 Å². The number of esters is 1. The number of amides is 1. The van der Waals surface area contributed by atoms with E-state index in [9.17, 15) is 9.59 Å². The van der Waals surface area contributed by atoms with Crippen LogP contribution in [-0.4, -0.2) is 19.0 Å². The molecule has 0 saturated carbocycles. The minimum absolute atomic E-state index is 0.551.